The maximum Gasteiger partial charge on any atom is 0.402 e. The molecule has 0 saturated heterocycles. The molecule has 0 spiro atoms. The van der Waals surface area contributed by atoms with Crippen molar-refractivity contribution < 1.29 is 26.3 Å². The normalized spacial score (nSPS) is 14.8. The van der Waals surface area contributed by atoms with E-state index < -0.39 is 24.3 Å². The molecule has 1 unspecified atom stereocenters. The molecular formula is C10H9ClF6N2. The molecule has 1 atom stereocenters. The number of nitrogens with two attached hydrogens (primary N) is 1. The summed E-state index contributed by atoms with van der Waals surface area (Å²) in [4.78, 5) is 0. The molecule has 0 aliphatic rings. The molecule has 0 aromatic heterocycles. The van der Waals surface area contributed by atoms with Crippen LogP contribution in [0.5, 0.6) is 0 Å². The Hall–Kier alpha value is -0.990. The van der Waals surface area contributed by atoms with Crippen LogP contribution in [0.15, 0.2) is 24.3 Å². The standard InChI is InChI=1S/C10H9ClF6N2/c11-6-3-1-5(2-4-6)7(19-18)8(9(12,13)14)10(15,16)17/h1-4,7-8,19H,18H2. The highest BCUT2D eigenvalue weighted by molar-refractivity contribution is 6.30. The van der Waals surface area contributed by atoms with Gasteiger partial charge >= 0.3 is 12.4 Å². The molecule has 0 aliphatic carbocycles. The highest BCUT2D eigenvalue weighted by atomic mass is 35.5. The predicted molar refractivity (Wildman–Crippen MR) is 57.1 cm³/mol. The number of halogens is 7. The average molecular weight is 307 g/mol. The monoisotopic (exact) mass is 306 g/mol. The van der Waals surface area contributed by atoms with Gasteiger partial charge in [-0.2, -0.15) is 26.3 Å². The lowest BCUT2D eigenvalue weighted by Crippen LogP contribution is -2.47. The van der Waals surface area contributed by atoms with Gasteiger partial charge in [-0.1, -0.05) is 23.7 Å². The first-order valence-electron chi connectivity index (χ1n) is 4.92. The number of alkyl halides is 6. The molecular weight excluding hydrogens is 298 g/mol. The quantitative estimate of drug-likeness (QED) is 0.509. The van der Waals surface area contributed by atoms with Crippen LogP contribution in [0.25, 0.3) is 0 Å². The highest BCUT2D eigenvalue weighted by Crippen LogP contribution is 2.46. The van der Waals surface area contributed by atoms with Crippen LogP contribution in [-0.4, -0.2) is 12.4 Å². The fraction of sp³-hybridized carbons (Fsp3) is 0.400. The van der Waals surface area contributed by atoms with Gasteiger partial charge in [0.25, 0.3) is 0 Å². The van der Waals surface area contributed by atoms with Crippen molar-refractivity contribution in [1.29, 1.82) is 0 Å². The molecule has 0 amide bonds. The smallest absolute Gasteiger partial charge is 0.271 e. The van der Waals surface area contributed by atoms with E-state index in [2.05, 4.69) is 0 Å². The van der Waals surface area contributed by atoms with Crippen molar-refractivity contribution in [3.05, 3.63) is 34.9 Å². The third-order valence-electron chi connectivity index (χ3n) is 2.45. The fourth-order valence-electron chi connectivity index (χ4n) is 1.62. The minimum Gasteiger partial charge on any atom is -0.271 e. The van der Waals surface area contributed by atoms with E-state index in [0.717, 1.165) is 12.1 Å². The molecule has 1 aromatic rings. The van der Waals surface area contributed by atoms with Gasteiger partial charge in [-0.25, -0.2) is 0 Å². The van der Waals surface area contributed by atoms with Crippen molar-refractivity contribution in [2.75, 3.05) is 0 Å². The van der Waals surface area contributed by atoms with Crippen molar-refractivity contribution in [2.45, 2.75) is 18.4 Å². The predicted octanol–water partition coefficient (Wildman–Crippen LogP) is 3.59. The van der Waals surface area contributed by atoms with Gasteiger partial charge in [-0.05, 0) is 17.7 Å². The fourth-order valence-corrected chi connectivity index (χ4v) is 1.74. The number of hydrogen-bond donors (Lipinski definition) is 2. The summed E-state index contributed by atoms with van der Waals surface area (Å²) in [6, 6.07) is 2.34. The van der Waals surface area contributed by atoms with Crippen molar-refractivity contribution >= 4 is 11.6 Å². The third-order valence-corrected chi connectivity index (χ3v) is 2.70. The topological polar surface area (TPSA) is 38.0 Å². The zero-order valence-electron chi connectivity index (χ0n) is 9.19. The summed E-state index contributed by atoms with van der Waals surface area (Å²) in [5.41, 5.74) is 1.31. The summed E-state index contributed by atoms with van der Waals surface area (Å²) < 4.78 is 75.5. The van der Waals surface area contributed by atoms with E-state index in [-0.39, 0.29) is 10.6 Å². The molecule has 3 N–H and O–H groups in total. The summed E-state index contributed by atoms with van der Waals surface area (Å²) in [7, 11) is 0. The van der Waals surface area contributed by atoms with Crippen LogP contribution in [0.3, 0.4) is 0 Å². The van der Waals surface area contributed by atoms with Crippen LogP contribution in [0.1, 0.15) is 11.6 Å². The maximum absolute atomic E-state index is 12.6. The lowest BCUT2D eigenvalue weighted by atomic mass is 9.92. The van der Waals surface area contributed by atoms with Gasteiger partial charge in [0, 0.05) is 5.02 Å². The molecule has 9 heteroatoms. The molecule has 108 valence electrons. The van der Waals surface area contributed by atoms with E-state index in [1.165, 1.54) is 12.1 Å². The number of nitrogens with one attached hydrogen (secondary N) is 1. The van der Waals surface area contributed by atoms with Crippen molar-refractivity contribution in [3.63, 3.8) is 0 Å². The Morgan fingerprint density at radius 3 is 1.68 bits per heavy atom. The molecule has 0 bridgehead atoms. The van der Waals surface area contributed by atoms with Crippen molar-refractivity contribution in [2.24, 2.45) is 11.8 Å². The lowest BCUT2D eigenvalue weighted by molar-refractivity contribution is -0.292. The summed E-state index contributed by atoms with van der Waals surface area (Å²) in [6.45, 7) is 0. The average Bonchev–Trinajstić information content (AvgIpc) is 2.23. The molecule has 2 nitrogen and oxygen atoms in total. The molecule has 1 aromatic carbocycles. The Balaban J connectivity index is 3.21. The Kier molecular flexibility index (Phi) is 4.70. The first-order valence-corrected chi connectivity index (χ1v) is 5.30. The third kappa shape index (κ3) is 3.99. The largest absolute Gasteiger partial charge is 0.402 e. The van der Waals surface area contributed by atoms with Crippen LogP contribution in [0.2, 0.25) is 5.02 Å². The minimum absolute atomic E-state index is 0.190. The molecule has 19 heavy (non-hydrogen) atoms. The van der Waals surface area contributed by atoms with Gasteiger partial charge in [0.05, 0.1) is 6.04 Å². The van der Waals surface area contributed by atoms with E-state index >= 15 is 0 Å². The van der Waals surface area contributed by atoms with Crippen LogP contribution in [0.4, 0.5) is 26.3 Å². The molecule has 0 saturated carbocycles. The second-order valence-corrected chi connectivity index (χ2v) is 4.19. The summed E-state index contributed by atoms with van der Waals surface area (Å²) in [6.07, 6.45) is -11.0. The van der Waals surface area contributed by atoms with Crippen molar-refractivity contribution in [3.8, 4) is 0 Å². The summed E-state index contributed by atoms with van der Waals surface area (Å²) in [5, 5.41) is 0.190. The van der Waals surface area contributed by atoms with Gasteiger partial charge in [-0.15, -0.1) is 0 Å². The van der Waals surface area contributed by atoms with Gasteiger partial charge < -0.3 is 0 Å². The Bertz CT molecular complexity index is 400. The Morgan fingerprint density at radius 2 is 1.37 bits per heavy atom. The molecule has 0 radical (unpaired) electrons. The van der Waals surface area contributed by atoms with Crippen LogP contribution >= 0.6 is 11.6 Å². The van der Waals surface area contributed by atoms with E-state index in [4.69, 9.17) is 17.4 Å². The number of hydrazine groups is 1. The van der Waals surface area contributed by atoms with E-state index in [1.807, 2.05) is 0 Å². The van der Waals surface area contributed by atoms with E-state index in [0.29, 0.717) is 0 Å². The first-order chi connectivity index (χ1) is 8.57. The zero-order chi connectivity index (χ0) is 14.8. The second kappa shape index (κ2) is 5.56. The first kappa shape index (κ1) is 16.1. The van der Waals surface area contributed by atoms with Crippen LogP contribution in [0, 0.1) is 5.92 Å². The SMILES string of the molecule is NNC(c1ccc(Cl)cc1)C(C(F)(F)F)C(F)(F)F. The highest BCUT2D eigenvalue weighted by Gasteiger charge is 2.60. The number of rotatable bonds is 3. The molecule has 0 heterocycles. The van der Waals surface area contributed by atoms with Crippen LogP contribution in [-0.2, 0) is 0 Å². The Morgan fingerprint density at radius 1 is 0.947 bits per heavy atom. The molecule has 1 rings (SSSR count). The number of benzene rings is 1. The lowest BCUT2D eigenvalue weighted by Gasteiger charge is -2.30. The van der Waals surface area contributed by atoms with E-state index in [1.54, 1.807) is 5.43 Å². The summed E-state index contributed by atoms with van der Waals surface area (Å²) in [5.74, 6) is 1.25. The minimum atomic E-state index is -5.48. The zero-order valence-corrected chi connectivity index (χ0v) is 9.94. The van der Waals surface area contributed by atoms with Crippen LogP contribution < -0.4 is 11.3 Å². The van der Waals surface area contributed by atoms with Gasteiger partial charge in [0.2, 0.25) is 0 Å². The molecule has 0 aliphatic heterocycles. The maximum atomic E-state index is 12.6. The van der Waals surface area contributed by atoms with Gasteiger partial charge in [0.1, 0.15) is 0 Å². The van der Waals surface area contributed by atoms with Gasteiger partial charge in [0.15, 0.2) is 5.92 Å². The number of hydrogen-bond acceptors (Lipinski definition) is 2. The van der Waals surface area contributed by atoms with Gasteiger partial charge in [-0.3, -0.25) is 11.3 Å². The summed E-state index contributed by atoms with van der Waals surface area (Å²) >= 11 is 5.52. The second-order valence-electron chi connectivity index (χ2n) is 3.76. The van der Waals surface area contributed by atoms with Crippen molar-refractivity contribution in [1.82, 2.24) is 5.43 Å². The Labute approximate surface area is 109 Å². The van der Waals surface area contributed by atoms with E-state index in [9.17, 15) is 26.3 Å². The molecule has 0 fully saturated rings.